The summed E-state index contributed by atoms with van der Waals surface area (Å²) in [4.78, 5) is 23.4. The summed E-state index contributed by atoms with van der Waals surface area (Å²) in [6.07, 6.45) is 86.6. The Balaban J connectivity index is 4.10. The third-order valence-electron chi connectivity index (χ3n) is 16.0. The van der Waals surface area contributed by atoms with Gasteiger partial charge in [-0.2, -0.15) is 0 Å². The molecule has 0 aromatic rings. The highest BCUT2D eigenvalue weighted by atomic mass is 31.2. The van der Waals surface area contributed by atoms with Crippen LogP contribution in [0.4, 0.5) is 0 Å². The van der Waals surface area contributed by atoms with E-state index in [1.54, 1.807) is 6.08 Å². The molecule has 3 unspecified atom stereocenters. The van der Waals surface area contributed by atoms with Crippen molar-refractivity contribution in [3.8, 4) is 0 Å². The van der Waals surface area contributed by atoms with Crippen molar-refractivity contribution in [2.24, 2.45) is 0 Å². The zero-order valence-corrected chi connectivity index (χ0v) is 55.4. The van der Waals surface area contributed by atoms with Crippen LogP contribution >= 0.6 is 7.82 Å². The van der Waals surface area contributed by atoms with Crippen LogP contribution in [0.1, 0.15) is 341 Å². The van der Waals surface area contributed by atoms with Crippen molar-refractivity contribution in [1.82, 2.24) is 5.32 Å². The molecule has 3 atom stereocenters. The lowest BCUT2D eigenvalue weighted by molar-refractivity contribution is -0.870. The molecule has 0 heterocycles. The number of carbonyl (C=O) groups is 1. The van der Waals surface area contributed by atoms with E-state index < -0.39 is 20.0 Å². The smallest absolute Gasteiger partial charge is 0.387 e. The number of phosphoric acid groups is 1. The predicted octanol–water partition coefficient (Wildman–Crippen LogP) is 22.4. The number of aliphatic hydroxyl groups excluding tert-OH is 1. The van der Waals surface area contributed by atoms with Crippen molar-refractivity contribution in [1.29, 1.82) is 0 Å². The van der Waals surface area contributed by atoms with Gasteiger partial charge in [0.15, 0.2) is 0 Å². The number of carbonyl (C=O) groups excluding carboxylic acids is 1. The monoisotopic (exact) mass is 1160 g/mol. The Morgan fingerprint density at radius 2 is 0.716 bits per heavy atom. The van der Waals surface area contributed by atoms with Crippen molar-refractivity contribution in [2.45, 2.75) is 353 Å². The topological polar surface area (TPSA) is 105 Å². The van der Waals surface area contributed by atoms with E-state index >= 15 is 0 Å². The molecule has 3 N–H and O–H groups in total. The molecular formula is C72H138N2O6P+. The van der Waals surface area contributed by atoms with Crippen LogP contribution in [-0.2, 0) is 18.4 Å². The molecule has 0 saturated carbocycles. The maximum absolute atomic E-state index is 13.0. The lowest BCUT2D eigenvalue weighted by Gasteiger charge is -2.25. The Kier molecular flexibility index (Phi) is 61.3. The number of rotatable bonds is 65. The molecule has 0 fully saturated rings. The Hall–Kier alpha value is -1.80. The number of allylic oxidation sites excluding steroid dienone is 9. The van der Waals surface area contributed by atoms with E-state index in [-0.39, 0.29) is 19.1 Å². The highest BCUT2D eigenvalue weighted by Crippen LogP contribution is 2.43. The molecule has 0 aromatic carbocycles. The van der Waals surface area contributed by atoms with E-state index in [0.29, 0.717) is 17.4 Å². The molecule has 8 nitrogen and oxygen atoms in total. The van der Waals surface area contributed by atoms with Crippen LogP contribution in [0.5, 0.6) is 0 Å². The van der Waals surface area contributed by atoms with Crippen LogP contribution in [-0.4, -0.2) is 73.4 Å². The Labute approximate surface area is 504 Å². The average molecular weight is 1160 g/mol. The van der Waals surface area contributed by atoms with Crippen LogP contribution in [0.25, 0.3) is 0 Å². The van der Waals surface area contributed by atoms with Crippen LogP contribution in [0, 0.1) is 0 Å². The van der Waals surface area contributed by atoms with Gasteiger partial charge in [-0.1, -0.05) is 325 Å². The third kappa shape index (κ3) is 65.6. The van der Waals surface area contributed by atoms with E-state index in [0.717, 1.165) is 51.4 Å². The van der Waals surface area contributed by atoms with Crippen molar-refractivity contribution in [3.05, 3.63) is 60.8 Å². The average Bonchev–Trinajstić information content (AvgIpc) is 3.43. The van der Waals surface area contributed by atoms with Gasteiger partial charge in [0, 0.05) is 6.42 Å². The summed E-state index contributed by atoms with van der Waals surface area (Å²) in [5.74, 6) is -0.183. The first-order valence-electron chi connectivity index (χ1n) is 35.2. The fourth-order valence-corrected chi connectivity index (χ4v) is 11.2. The maximum atomic E-state index is 13.0. The Morgan fingerprint density at radius 1 is 0.420 bits per heavy atom. The van der Waals surface area contributed by atoms with Gasteiger partial charge in [-0.25, -0.2) is 4.57 Å². The number of phosphoric ester groups is 1. The number of hydrogen-bond acceptors (Lipinski definition) is 5. The third-order valence-corrected chi connectivity index (χ3v) is 16.9. The predicted molar refractivity (Wildman–Crippen MR) is 355 cm³/mol. The minimum atomic E-state index is -4.36. The summed E-state index contributed by atoms with van der Waals surface area (Å²) in [6.45, 7) is 4.83. The van der Waals surface area contributed by atoms with Gasteiger partial charge in [-0.05, 0) is 70.6 Å². The number of hydrogen-bond donors (Lipinski definition) is 3. The van der Waals surface area contributed by atoms with Gasteiger partial charge < -0.3 is 19.8 Å². The first kappa shape index (κ1) is 79.2. The van der Waals surface area contributed by atoms with Gasteiger partial charge in [0.05, 0.1) is 39.9 Å². The Bertz CT molecular complexity index is 1500. The summed E-state index contributed by atoms with van der Waals surface area (Å²) in [5, 5.41) is 14.0. The van der Waals surface area contributed by atoms with Gasteiger partial charge in [-0.15, -0.1) is 0 Å². The summed E-state index contributed by atoms with van der Waals surface area (Å²) >= 11 is 0. The van der Waals surface area contributed by atoms with E-state index in [9.17, 15) is 19.4 Å². The van der Waals surface area contributed by atoms with Gasteiger partial charge >= 0.3 is 7.82 Å². The van der Waals surface area contributed by atoms with Gasteiger partial charge in [0.25, 0.3) is 0 Å². The minimum Gasteiger partial charge on any atom is -0.387 e. The SMILES string of the molecule is CCCCCCC/C=C\C/C=C\C/C=C\CCCCCCCCCCCCCCCCCCC(=O)NC(COP(=O)(O)OCC[N+](C)(C)C)C(O)/C=C/CC/C=C/CCCCCCCCCCCCCCCCCCCCCCCC. The van der Waals surface area contributed by atoms with E-state index in [2.05, 4.69) is 67.8 Å². The molecule has 0 spiro atoms. The van der Waals surface area contributed by atoms with Crippen LogP contribution in [0.15, 0.2) is 60.8 Å². The Morgan fingerprint density at radius 3 is 1.07 bits per heavy atom. The molecule has 1 amide bonds. The highest BCUT2D eigenvalue weighted by Gasteiger charge is 2.28. The molecular weight excluding hydrogens is 1020 g/mol. The molecule has 0 radical (unpaired) electrons. The molecule has 9 heteroatoms. The van der Waals surface area contributed by atoms with E-state index in [1.807, 2.05) is 27.2 Å². The molecule has 0 aliphatic heterocycles. The van der Waals surface area contributed by atoms with Crippen molar-refractivity contribution in [3.63, 3.8) is 0 Å². The standard InChI is InChI=1S/C72H137N2O6P/c1-6-8-10-12-14-16-18-20-22-24-26-28-30-32-34-36-37-38-40-42-44-46-48-50-52-54-56-58-60-62-64-66-72(76)73-70(69-80-81(77,78)79-68-67-74(3,4)5)71(75)65-63-61-59-57-55-53-51-49-47-45-43-41-39-35-33-31-29-27-25-23-21-19-17-15-13-11-9-7-2/h18,20,24,26,30,32,55,57,63,65,70-71,75H,6-17,19,21-23,25,27-29,31,33-54,56,58-62,64,66-69H2,1-5H3,(H-,73,76,77,78)/p+1/b20-18-,26-24-,32-30-,57-55+,65-63+. The second kappa shape index (κ2) is 62.7. The molecule has 0 aliphatic carbocycles. The number of nitrogens with one attached hydrogen (secondary N) is 1. The lowest BCUT2D eigenvalue weighted by Crippen LogP contribution is -2.45. The molecule has 0 aliphatic rings. The quantitative estimate of drug-likeness (QED) is 0.0243. The van der Waals surface area contributed by atoms with Gasteiger partial charge in [0.1, 0.15) is 13.2 Å². The number of aliphatic hydroxyl groups is 1. The molecule has 0 saturated heterocycles. The van der Waals surface area contributed by atoms with Crippen LogP contribution < -0.4 is 5.32 Å². The zero-order chi connectivity index (χ0) is 59.1. The molecule has 0 bridgehead atoms. The number of amides is 1. The number of nitrogens with zero attached hydrogens (tertiary/aromatic N) is 1. The van der Waals surface area contributed by atoms with Crippen molar-refractivity contribution >= 4 is 13.7 Å². The van der Waals surface area contributed by atoms with Gasteiger partial charge in [-0.3, -0.25) is 13.8 Å². The first-order chi connectivity index (χ1) is 39.5. The van der Waals surface area contributed by atoms with E-state index in [1.165, 1.54) is 270 Å². The molecule has 0 aromatic heterocycles. The zero-order valence-electron chi connectivity index (χ0n) is 54.5. The molecule has 0 rings (SSSR count). The van der Waals surface area contributed by atoms with Crippen LogP contribution in [0.2, 0.25) is 0 Å². The second-order valence-electron chi connectivity index (χ2n) is 25.3. The largest absolute Gasteiger partial charge is 0.472 e. The summed E-state index contributed by atoms with van der Waals surface area (Å²) in [6, 6.07) is -0.867. The highest BCUT2D eigenvalue weighted by molar-refractivity contribution is 7.47. The fourth-order valence-electron chi connectivity index (χ4n) is 10.5. The van der Waals surface area contributed by atoms with Crippen molar-refractivity contribution < 1.29 is 32.9 Å². The number of likely N-dealkylation sites (N-methyl/N-ethyl adjacent to an activating group) is 1. The second-order valence-corrected chi connectivity index (χ2v) is 26.7. The minimum absolute atomic E-state index is 0.0558. The molecule has 476 valence electrons. The summed E-state index contributed by atoms with van der Waals surface area (Å²) in [5.41, 5.74) is 0. The lowest BCUT2D eigenvalue weighted by atomic mass is 10.0. The molecule has 81 heavy (non-hydrogen) atoms. The van der Waals surface area contributed by atoms with E-state index in [4.69, 9.17) is 9.05 Å². The van der Waals surface area contributed by atoms with Crippen LogP contribution in [0.3, 0.4) is 0 Å². The number of unbranched alkanes of at least 4 members (excludes halogenated alkanes) is 44. The fraction of sp³-hybridized carbons (Fsp3) is 0.847. The summed E-state index contributed by atoms with van der Waals surface area (Å²) < 4.78 is 23.8. The normalized spacial score (nSPS) is 14.0. The summed E-state index contributed by atoms with van der Waals surface area (Å²) in [7, 11) is 1.56. The first-order valence-corrected chi connectivity index (χ1v) is 36.7. The number of quaternary nitrogens is 1. The maximum Gasteiger partial charge on any atom is 0.472 e. The van der Waals surface area contributed by atoms with Gasteiger partial charge in [0.2, 0.25) is 5.91 Å². The van der Waals surface area contributed by atoms with Crippen molar-refractivity contribution in [2.75, 3.05) is 40.9 Å².